The van der Waals surface area contributed by atoms with Gasteiger partial charge >= 0.3 is 0 Å². The van der Waals surface area contributed by atoms with E-state index in [0.29, 0.717) is 25.8 Å². The van der Waals surface area contributed by atoms with Gasteiger partial charge in [0.2, 0.25) is 11.8 Å². The molecule has 1 aromatic heterocycles. The molecule has 7 nitrogen and oxygen atoms in total. The maximum absolute atomic E-state index is 13.0. The van der Waals surface area contributed by atoms with Crippen molar-refractivity contribution >= 4 is 11.8 Å². The van der Waals surface area contributed by atoms with E-state index in [-0.39, 0.29) is 17.9 Å². The highest BCUT2D eigenvalue weighted by Crippen LogP contribution is 2.28. The highest BCUT2D eigenvalue weighted by atomic mass is 16.2. The third-order valence-electron chi connectivity index (χ3n) is 4.96. The molecule has 2 aliphatic rings. The molecule has 7 heteroatoms. The van der Waals surface area contributed by atoms with E-state index in [0.717, 1.165) is 13.1 Å². The maximum Gasteiger partial charge on any atom is 0.248 e. The number of carbonyl (C=O) groups excluding carboxylic acids is 2. The van der Waals surface area contributed by atoms with Crippen molar-refractivity contribution in [3.05, 3.63) is 18.5 Å². The Morgan fingerprint density at radius 1 is 1.43 bits per heavy atom. The molecule has 0 bridgehead atoms. The monoisotopic (exact) mass is 319 g/mol. The number of nitrogens with zero attached hydrogens (tertiary/aromatic N) is 3. The van der Waals surface area contributed by atoms with Crippen LogP contribution in [0.5, 0.6) is 0 Å². The van der Waals surface area contributed by atoms with E-state index in [9.17, 15) is 9.59 Å². The lowest BCUT2D eigenvalue weighted by Gasteiger charge is -2.37. The Labute approximate surface area is 136 Å². The lowest BCUT2D eigenvalue weighted by molar-refractivity contribution is -0.138. The summed E-state index contributed by atoms with van der Waals surface area (Å²) < 4.78 is 1.75. The van der Waals surface area contributed by atoms with Gasteiger partial charge < -0.3 is 15.5 Å². The zero-order valence-corrected chi connectivity index (χ0v) is 13.8. The maximum atomic E-state index is 13.0. The van der Waals surface area contributed by atoms with E-state index in [4.69, 9.17) is 0 Å². The molecule has 126 valence electrons. The van der Waals surface area contributed by atoms with Gasteiger partial charge in [-0.15, -0.1) is 0 Å². The number of likely N-dealkylation sites (tertiary alicyclic amines) is 1. The number of aromatic nitrogens is 2. The van der Waals surface area contributed by atoms with Gasteiger partial charge in [0.25, 0.3) is 0 Å². The average Bonchev–Trinajstić information content (AvgIpc) is 3.19. The number of rotatable bonds is 4. The summed E-state index contributed by atoms with van der Waals surface area (Å²) in [5.74, 6) is -0.0652. The molecule has 2 N–H and O–H groups in total. The van der Waals surface area contributed by atoms with Crippen molar-refractivity contribution in [2.75, 3.05) is 19.6 Å². The summed E-state index contributed by atoms with van der Waals surface area (Å²) >= 11 is 0. The van der Waals surface area contributed by atoms with Crippen LogP contribution in [-0.2, 0) is 15.1 Å². The van der Waals surface area contributed by atoms with E-state index in [1.165, 1.54) is 0 Å². The summed E-state index contributed by atoms with van der Waals surface area (Å²) in [5, 5.41) is 10.6. The average molecular weight is 319 g/mol. The lowest BCUT2D eigenvalue weighted by atomic mass is 9.87. The predicted octanol–water partition coefficient (Wildman–Crippen LogP) is 0.0873. The van der Waals surface area contributed by atoms with Crippen molar-refractivity contribution in [1.29, 1.82) is 0 Å². The van der Waals surface area contributed by atoms with Crippen LogP contribution in [0.1, 0.15) is 33.1 Å². The van der Waals surface area contributed by atoms with Crippen molar-refractivity contribution in [3.8, 4) is 0 Å². The Hall–Kier alpha value is -1.89. The standard InChI is InChI=1S/C16H25N5O2/c1-12(2)20-11-4-13(14(20)22)19-15(23)16(5-8-17-9-6-16)21-10-3-7-18-21/h3,7,10,12-13,17H,4-6,8-9,11H2,1-2H3,(H,19,23). The van der Waals surface area contributed by atoms with Crippen LogP contribution in [-0.4, -0.2) is 58.2 Å². The summed E-state index contributed by atoms with van der Waals surface area (Å²) in [4.78, 5) is 27.3. The predicted molar refractivity (Wildman–Crippen MR) is 85.7 cm³/mol. The zero-order chi connectivity index (χ0) is 16.4. The first kappa shape index (κ1) is 16.0. The van der Waals surface area contributed by atoms with E-state index >= 15 is 0 Å². The quantitative estimate of drug-likeness (QED) is 0.824. The Morgan fingerprint density at radius 2 is 2.17 bits per heavy atom. The molecule has 3 rings (SSSR count). The fraction of sp³-hybridized carbons (Fsp3) is 0.688. The molecule has 1 atom stereocenters. The zero-order valence-electron chi connectivity index (χ0n) is 13.8. The normalized spacial score (nSPS) is 24.2. The Kier molecular flexibility index (Phi) is 4.39. The Balaban J connectivity index is 1.76. The lowest BCUT2D eigenvalue weighted by Crippen LogP contribution is -2.57. The topological polar surface area (TPSA) is 79.3 Å². The van der Waals surface area contributed by atoms with Gasteiger partial charge in [0.15, 0.2) is 0 Å². The molecule has 0 saturated carbocycles. The molecule has 0 aromatic carbocycles. The second-order valence-electron chi connectivity index (χ2n) is 6.67. The molecular formula is C16H25N5O2. The van der Waals surface area contributed by atoms with Crippen molar-refractivity contribution in [2.45, 2.75) is 50.7 Å². The molecule has 2 fully saturated rings. The third-order valence-corrected chi connectivity index (χ3v) is 4.96. The molecule has 2 aliphatic heterocycles. The summed E-state index contributed by atoms with van der Waals surface area (Å²) in [6, 6.07) is 1.59. The first-order valence-electron chi connectivity index (χ1n) is 8.37. The van der Waals surface area contributed by atoms with Gasteiger partial charge in [0, 0.05) is 25.0 Å². The number of nitrogens with one attached hydrogen (secondary N) is 2. The van der Waals surface area contributed by atoms with Crippen LogP contribution >= 0.6 is 0 Å². The Bertz CT molecular complexity index is 563. The number of hydrogen-bond acceptors (Lipinski definition) is 4. The minimum absolute atomic E-state index is 0.0258. The summed E-state index contributed by atoms with van der Waals surface area (Å²) in [6.07, 6.45) is 5.56. The first-order valence-corrected chi connectivity index (χ1v) is 8.37. The summed E-state index contributed by atoms with van der Waals surface area (Å²) in [6.45, 7) is 6.24. The molecule has 2 saturated heterocycles. The summed E-state index contributed by atoms with van der Waals surface area (Å²) in [7, 11) is 0. The van der Waals surface area contributed by atoms with Crippen LogP contribution in [0.25, 0.3) is 0 Å². The van der Waals surface area contributed by atoms with Gasteiger partial charge in [-0.1, -0.05) is 0 Å². The third kappa shape index (κ3) is 2.85. The fourth-order valence-electron chi connectivity index (χ4n) is 3.56. The molecule has 3 heterocycles. The molecule has 0 radical (unpaired) electrons. The van der Waals surface area contributed by atoms with Crippen molar-refractivity contribution in [3.63, 3.8) is 0 Å². The molecule has 2 amide bonds. The number of carbonyl (C=O) groups is 2. The molecule has 23 heavy (non-hydrogen) atoms. The summed E-state index contributed by atoms with van der Waals surface area (Å²) in [5.41, 5.74) is -0.694. The van der Waals surface area contributed by atoms with Gasteiger partial charge in [-0.2, -0.15) is 5.10 Å². The van der Waals surface area contributed by atoms with Crippen LogP contribution in [0, 0.1) is 0 Å². The molecule has 1 aromatic rings. The van der Waals surface area contributed by atoms with Crippen molar-refractivity contribution in [1.82, 2.24) is 25.3 Å². The molecule has 0 aliphatic carbocycles. The van der Waals surface area contributed by atoms with Crippen molar-refractivity contribution < 1.29 is 9.59 Å². The largest absolute Gasteiger partial charge is 0.342 e. The highest BCUT2D eigenvalue weighted by Gasteiger charge is 2.44. The van der Waals surface area contributed by atoms with Crippen LogP contribution in [0.15, 0.2) is 18.5 Å². The Morgan fingerprint density at radius 3 is 2.74 bits per heavy atom. The van der Waals surface area contributed by atoms with Gasteiger partial charge in [-0.3, -0.25) is 14.3 Å². The fourth-order valence-corrected chi connectivity index (χ4v) is 3.56. The van der Waals surface area contributed by atoms with Crippen LogP contribution < -0.4 is 10.6 Å². The second kappa shape index (κ2) is 6.31. The smallest absolute Gasteiger partial charge is 0.248 e. The molecule has 0 spiro atoms. The number of hydrogen-bond donors (Lipinski definition) is 2. The van der Waals surface area contributed by atoms with E-state index in [1.807, 2.05) is 31.0 Å². The van der Waals surface area contributed by atoms with Crippen molar-refractivity contribution in [2.24, 2.45) is 0 Å². The van der Waals surface area contributed by atoms with Gasteiger partial charge in [0.05, 0.1) is 0 Å². The van der Waals surface area contributed by atoms with E-state index in [1.54, 1.807) is 10.9 Å². The van der Waals surface area contributed by atoms with Crippen LogP contribution in [0.4, 0.5) is 0 Å². The van der Waals surface area contributed by atoms with E-state index < -0.39 is 11.6 Å². The van der Waals surface area contributed by atoms with Gasteiger partial charge in [-0.25, -0.2) is 0 Å². The van der Waals surface area contributed by atoms with Gasteiger partial charge in [0.1, 0.15) is 11.6 Å². The van der Waals surface area contributed by atoms with Crippen LogP contribution in [0.2, 0.25) is 0 Å². The molecule has 1 unspecified atom stereocenters. The second-order valence-corrected chi connectivity index (χ2v) is 6.67. The minimum atomic E-state index is -0.694. The number of piperidine rings is 1. The number of amides is 2. The van der Waals surface area contributed by atoms with E-state index in [2.05, 4.69) is 15.7 Å². The van der Waals surface area contributed by atoms with Crippen LogP contribution in [0.3, 0.4) is 0 Å². The van der Waals surface area contributed by atoms with Gasteiger partial charge in [-0.05, 0) is 52.3 Å². The minimum Gasteiger partial charge on any atom is -0.342 e. The first-order chi connectivity index (χ1) is 11.0. The molecular weight excluding hydrogens is 294 g/mol. The highest BCUT2D eigenvalue weighted by molar-refractivity contribution is 5.92. The SMILES string of the molecule is CC(C)N1CCC(NC(=O)C2(n3cccn3)CCNCC2)C1=O.